The number of oxime groups is 1. The standard InChI is InChI=1S/C26H21F3N4O2/c1-16-23(25(29)33(2)32-16)26(34)31-24-21(12-20(27)13-22(24)28)19-10-8-17(9-11-19)14-30-35-15-18-6-4-3-5-7-18/h3-14H,15H2,1-2H3,(H,31,34)/b30-14+. The van der Waals surface area contributed by atoms with Gasteiger partial charge in [-0.3, -0.25) is 4.79 Å². The van der Waals surface area contributed by atoms with Crippen LogP contribution in [-0.4, -0.2) is 21.9 Å². The zero-order chi connectivity index (χ0) is 24.9. The summed E-state index contributed by atoms with van der Waals surface area (Å²) in [5.74, 6) is -3.56. The number of aryl methyl sites for hydroxylation is 2. The number of carbonyl (C=O) groups excluding carboxylic acids is 1. The predicted octanol–water partition coefficient (Wildman–Crippen LogP) is 5.62. The van der Waals surface area contributed by atoms with Gasteiger partial charge in [0.1, 0.15) is 23.8 Å². The van der Waals surface area contributed by atoms with Gasteiger partial charge < -0.3 is 10.2 Å². The minimum Gasteiger partial charge on any atom is -0.391 e. The lowest BCUT2D eigenvalue weighted by molar-refractivity contribution is 0.102. The quantitative estimate of drug-likeness (QED) is 0.277. The Bertz CT molecular complexity index is 1380. The fourth-order valence-corrected chi connectivity index (χ4v) is 3.53. The van der Waals surface area contributed by atoms with Crippen LogP contribution < -0.4 is 5.32 Å². The highest BCUT2D eigenvalue weighted by molar-refractivity contribution is 6.07. The lowest BCUT2D eigenvalue weighted by atomic mass is 10.0. The molecule has 1 aromatic heterocycles. The number of rotatable bonds is 7. The second-order valence-electron chi connectivity index (χ2n) is 7.75. The molecule has 0 aliphatic rings. The first-order chi connectivity index (χ1) is 16.8. The number of hydrogen-bond acceptors (Lipinski definition) is 4. The summed E-state index contributed by atoms with van der Waals surface area (Å²) in [5.41, 5.74) is 1.76. The van der Waals surface area contributed by atoms with E-state index in [4.69, 9.17) is 4.84 Å². The summed E-state index contributed by atoms with van der Waals surface area (Å²) < 4.78 is 44.0. The summed E-state index contributed by atoms with van der Waals surface area (Å²) in [7, 11) is 1.35. The minimum absolute atomic E-state index is 0.0987. The van der Waals surface area contributed by atoms with Crippen molar-refractivity contribution in [2.75, 3.05) is 5.32 Å². The number of hydrogen-bond donors (Lipinski definition) is 1. The molecule has 4 rings (SSSR count). The molecule has 1 N–H and O–H groups in total. The molecule has 1 amide bonds. The summed E-state index contributed by atoms with van der Waals surface area (Å²) in [5, 5.41) is 10.2. The maximum atomic E-state index is 14.7. The molecule has 0 unspecified atom stereocenters. The number of nitrogens with zero attached hydrogens (tertiary/aromatic N) is 3. The fourth-order valence-electron chi connectivity index (χ4n) is 3.53. The van der Waals surface area contributed by atoms with Crippen LogP contribution in [0, 0.1) is 24.5 Å². The summed E-state index contributed by atoms with van der Waals surface area (Å²) >= 11 is 0. The van der Waals surface area contributed by atoms with E-state index in [1.54, 1.807) is 24.3 Å². The first-order valence-corrected chi connectivity index (χ1v) is 10.6. The fraction of sp³-hybridized carbons (Fsp3) is 0.115. The van der Waals surface area contributed by atoms with Gasteiger partial charge >= 0.3 is 0 Å². The van der Waals surface area contributed by atoms with Gasteiger partial charge in [0.15, 0.2) is 0 Å². The average Bonchev–Trinajstić information content (AvgIpc) is 3.10. The van der Waals surface area contributed by atoms with Crippen molar-refractivity contribution in [2.45, 2.75) is 13.5 Å². The molecule has 0 aliphatic heterocycles. The van der Waals surface area contributed by atoms with Crippen LogP contribution in [0.3, 0.4) is 0 Å². The Hall–Kier alpha value is -4.40. The molecule has 0 bridgehead atoms. The first-order valence-electron chi connectivity index (χ1n) is 10.6. The van der Waals surface area contributed by atoms with Crippen molar-refractivity contribution in [3.63, 3.8) is 0 Å². The van der Waals surface area contributed by atoms with Gasteiger partial charge in [0.25, 0.3) is 5.91 Å². The Morgan fingerprint density at radius 2 is 1.80 bits per heavy atom. The molecular weight excluding hydrogens is 457 g/mol. The van der Waals surface area contributed by atoms with Crippen molar-refractivity contribution in [3.05, 3.63) is 107 Å². The lowest BCUT2D eigenvalue weighted by Gasteiger charge is -2.13. The molecule has 3 aromatic carbocycles. The van der Waals surface area contributed by atoms with E-state index in [2.05, 4.69) is 15.6 Å². The Morgan fingerprint density at radius 3 is 2.46 bits per heavy atom. The molecule has 0 saturated heterocycles. The van der Waals surface area contributed by atoms with Crippen LogP contribution in [0.25, 0.3) is 11.1 Å². The van der Waals surface area contributed by atoms with Crippen LogP contribution in [0.1, 0.15) is 27.2 Å². The summed E-state index contributed by atoms with van der Waals surface area (Å²) in [6.45, 7) is 1.78. The van der Waals surface area contributed by atoms with E-state index < -0.39 is 23.5 Å². The number of amides is 1. The van der Waals surface area contributed by atoms with E-state index in [-0.39, 0.29) is 22.5 Å². The molecule has 0 atom stereocenters. The van der Waals surface area contributed by atoms with Gasteiger partial charge in [0.05, 0.1) is 17.6 Å². The zero-order valence-corrected chi connectivity index (χ0v) is 18.9. The Labute approximate surface area is 199 Å². The highest BCUT2D eigenvalue weighted by Crippen LogP contribution is 2.32. The van der Waals surface area contributed by atoms with Crippen molar-refractivity contribution in [1.29, 1.82) is 0 Å². The number of benzene rings is 3. The second kappa shape index (κ2) is 10.3. The largest absolute Gasteiger partial charge is 0.391 e. The first kappa shape index (κ1) is 23.7. The summed E-state index contributed by atoms with van der Waals surface area (Å²) in [6, 6.07) is 17.9. The molecule has 0 fully saturated rings. The van der Waals surface area contributed by atoms with Crippen LogP contribution in [0.2, 0.25) is 0 Å². The van der Waals surface area contributed by atoms with E-state index in [9.17, 15) is 18.0 Å². The number of nitrogens with one attached hydrogen (secondary N) is 1. The molecule has 0 radical (unpaired) electrons. The van der Waals surface area contributed by atoms with E-state index in [0.717, 1.165) is 16.3 Å². The molecule has 1 heterocycles. The third kappa shape index (κ3) is 5.40. The van der Waals surface area contributed by atoms with E-state index in [1.165, 1.54) is 20.2 Å². The zero-order valence-electron chi connectivity index (χ0n) is 18.9. The highest BCUT2D eigenvalue weighted by Gasteiger charge is 2.23. The maximum Gasteiger partial charge on any atom is 0.262 e. The van der Waals surface area contributed by atoms with Gasteiger partial charge in [-0.1, -0.05) is 59.8 Å². The van der Waals surface area contributed by atoms with E-state index >= 15 is 0 Å². The molecule has 9 heteroatoms. The lowest BCUT2D eigenvalue weighted by Crippen LogP contribution is -2.16. The van der Waals surface area contributed by atoms with Crippen LogP contribution in [0.15, 0.2) is 71.9 Å². The van der Waals surface area contributed by atoms with Crippen LogP contribution >= 0.6 is 0 Å². The smallest absolute Gasteiger partial charge is 0.262 e. The normalized spacial score (nSPS) is 11.1. The second-order valence-corrected chi connectivity index (χ2v) is 7.75. The van der Waals surface area contributed by atoms with Crippen molar-refractivity contribution < 1.29 is 22.8 Å². The van der Waals surface area contributed by atoms with Gasteiger partial charge in [-0.05, 0) is 29.7 Å². The molecule has 0 aliphatic carbocycles. The predicted molar refractivity (Wildman–Crippen MR) is 126 cm³/mol. The van der Waals surface area contributed by atoms with Gasteiger partial charge in [0.2, 0.25) is 5.95 Å². The average molecular weight is 478 g/mol. The maximum absolute atomic E-state index is 14.7. The summed E-state index contributed by atoms with van der Waals surface area (Å²) in [4.78, 5) is 18.0. The van der Waals surface area contributed by atoms with Crippen molar-refractivity contribution in [2.24, 2.45) is 12.2 Å². The van der Waals surface area contributed by atoms with E-state index in [0.29, 0.717) is 23.8 Å². The molecule has 178 valence electrons. The molecule has 35 heavy (non-hydrogen) atoms. The van der Waals surface area contributed by atoms with E-state index in [1.807, 2.05) is 30.3 Å². The van der Waals surface area contributed by atoms with Crippen LogP contribution in [0.5, 0.6) is 0 Å². The Kier molecular flexibility index (Phi) is 6.96. The summed E-state index contributed by atoms with van der Waals surface area (Å²) in [6.07, 6.45) is 1.51. The number of aromatic nitrogens is 2. The molecule has 0 spiro atoms. The van der Waals surface area contributed by atoms with Gasteiger partial charge in [-0.2, -0.15) is 9.49 Å². The molecular formula is C26H21F3N4O2. The molecule has 6 nitrogen and oxygen atoms in total. The van der Waals surface area contributed by atoms with Crippen molar-refractivity contribution in [1.82, 2.24) is 9.78 Å². The van der Waals surface area contributed by atoms with Crippen LogP contribution in [0.4, 0.5) is 18.9 Å². The van der Waals surface area contributed by atoms with Gasteiger partial charge in [0, 0.05) is 18.7 Å². The third-order valence-corrected chi connectivity index (χ3v) is 5.24. The Balaban J connectivity index is 1.54. The topological polar surface area (TPSA) is 68.5 Å². The molecule has 0 saturated carbocycles. The highest BCUT2D eigenvalue weighted by atomic mass is 19.1. The van der Waals surface area contributed by atoms with Crippen molar-refractivity contribution in [3.8, 4) is 11.1 Å². The minimum atomic E-state index is -0.991. The SMILES string of the molecule is Cc1nn(C)c(F)c1C(=O)Nc1c(F)cc(F)cc1-c1ccc(/C=N/OCc2ccccc2)cc1. The Morgan fingerprint density at radius 1 is 1.09 bits per heavy atom. The van der Waals surface area contributed by atoms with Crippen molar-refractivity contribution >= 4 is 17.8 Å². The number of halogens is 3. The molecule has 4 aromatic rings. The number of anilines is 1. The third-order valence-electron chi connectivity index (χ3n) is 5.24. The van der Waals surface area contributed by atoms with Crippen LogP contribution in [-0.2, 0) is 18.5 Å². The monoisotopic (exact) mass is 478 g/mol. The van der Waals surface area contributed by atoms with Gasteiger partial charge in [-0.15, -0.1) is 0 Å². The number of carbonyl (C=O) groups is 1. The van der Waals surface area contributed by atoms with Gasteiger partial charge in [-0.25, -0.2) is 13.5 Å².